The summed E-state index contributed by atoms with van der Waals surface area (Å²) in [5.74, 6) is 1.14. The van der Waals surface area contributed by atoms with Gasteiger partial charge in [-0.3, -0.25) is 9.59 Å². The number of likely N-dealkylation sites (tertiary alicyclic amines) is 1. The van der Waals surface area contributed by atoms with Crippen LogP contribution in [0.2, 0.25) is 0 Å². The Morgan fingerprint density at radius 1 is 0.909 bits per heavy atom. The van der Waals surface area contributed by atoms with Crippen molar-refractivity contribution in [3.05, 3.63) is 64.9 Å². The van der Waals surface area contributed by atoms with Crippen molar-refractivity contribution in [1.29, 1.82) is 0 Å². The highest BCUT2D eigenvalue weighted by Crippen LogP contribution is 2.38. The number of nitrogens with zero attached hydrogens (tertiary/aromatic N) is 2. The highest BCUT2D eigenvalue weighted by Gasteiger charge is 2.44. The zero-order valence-electron chi connectivity index (χ0n) is 20.5. The van der Waals surface area contributed by atoms with Crippen molar-refractivity contribution < 1.29 is 14.3 Å². The minimum atomic E-state index is -0.259. The molecule has 0 bridgehead atoms. The molecule has 5 nitrogen and oxygen atoms in total. The van der Waals surface area contributed by atoms with Crippen LogP contribution in [0.1, 0.15) is 50.8 Å². The van der Waals surface area contributed by atoms with E-state index in [0.29, 0.717) is 34.5 Å². The molecule has 0 saturated carbocycles. The van der Waals surface area contributed by atoms with Gasteiger partial charge in [-0.15, -0.1) is 0 Å². The third-order valence-corrected chi connectivity index (χ3v) is 6.36. The van der Waals surface area contributed by atoms with Crippen LogP contribution in [0, 0.1) is 25.7 Å². The quantitative estimate of drug-likeness (QED) is 0.581. The number of imide groups is 1. The SMILES string of the molecule is Cc1ccc(C2=C(N3CC(C)CC(C)C3)C(=O)N(c3ccc(OC(C)C)cc3)C2=O)c(C)c1. The van der Waals surface area contributed by atoms with E-state index in [0.717, 1.165) is 36.2 Å². The monoisotopic (exact) mass is 446 g/mol. The standard InChI is InChI=1S/C28H34N2O3/c1-17(2)33-23-10-8-22(9-11-23)30-27(31)25(24-12-7-18(3)14-21(24)6)26(28(30)32)29-15-19(4)13-20(5)16-29/h7-12,14,17,19-20H,13,15-16H2,1-6H3. The summed E-state index contributed by atoms with van der Waals surface area (Å²) >= 11 is 0. The first-order chi connectivity index (χ1) is 15.7. The maximum atomic E-state index is 13.8. The maximum Gasteiger partial charge on any atom is 0.282 e. The van der Waals surface area contributed by atoms with Gasteiger partial charge >= 0.3 is 0 Å². The molecule has 2 aromatic rings. The van der Waals surface area contributed by atoms with Gasteiger partial charge in [0.15, 0.2) is 0 Å². The van der Waals surface area contributed by atoms with Crippen molar-refractivity contribution >= 4 is 23.1 Å². The summed E-state index contributed by atoms with van der Waals surface area (Å²) in [4.78, 5) is 31.1. The number of aryl methyl sites for hydroxylation is 2. The first kappa shape index (κ1) is 23.1. The lowest BCUT2D eigenvalue weighted by Gasteiger charge is -2.37. The Kier molecular flexibility index (Phi) is 6.33. The van der Waals surface area contributed by atoms with Crippen LogP contribution in [0.4, 0.5) is 5.69 Å². The van der Waals surface area contributed by atoms with Crippen LogP contribution in [0.15, 0.2) is 48.2 Å². The topological polar surface area (TPSA) is 49.9 Å². The Bertz CT molecular complexity index is 1090. The summed E-state index contributed by atoms with van der Waals surface area (Å²) in [6, 6.07) is 13.3. The van der Waals surface area contributed by atoms with Crippen molar-refractivity contribution in [2.45, 2.75) is 54.1 Å². The minimum absolute atomic E-state index is 0.0540. The summed E-state index contributed by atoms with van der Waals surface area (Å²) < 4.78 is 5.74. The summed E-state index contributed by atoms with van der Waals surface area (Å²) in [5, 5.41) is 0. The number of hydrogen-bond donors (Lipinski definition) is 0. The summed E-state index contributed by atoms with van der Waals surface area (Å²) in [7, 11) is 0. The lowest BCUT2D eigenvalue weighted by molar-refractivity contribution is -0.120. The summed E-state index contributed by atoms with van der Waals surface area (Å²) in [6.45, 7) is 14.0. The van der Waals surface area contributed by atoms with E-state index < -0.39 is 0 Å². The van der Waals surface area contributed by atoms with Crippen LogP contribution in [0.25, 0.3) is 5.57 Å². The number of piperidine rings is 1. The van der Waals surface area contributed by atoms with Gasteiger partial charge in [-0.1, -0.05) is 37.6 Å². The molecule has 1 fully saturated rings. The fraction of sp³-hybridized carbons (Fsp3) is 0.429. The molecule has 2 aliphatic rings. The molecule has 0 spiro atoms. The fourth-order valence-corrected chi connectivity index (χ4v) is 5.17. The fourth-order valence-electron chi connectivity index (χ4n) is 5.17. The molecular formula is C28H34N2O3. The van der Waals surface area contributed by atoms with Gasteiger partial charge in [0.2, 0.25) is 0 Å². The molecule has 0 N–H and O–H groups in total. The van der Waals surface area contributed by atoms with E-state index in [9.17, 15) is 9.59 Å². The molecule has 0 radical (unpaired) electrons. The Morgan fingerprint density at radius 2 is 1.55 bits per heavy atom. The molecule has 33 heavy (non-hydrogen) atoms. The van der Waals surface area contributed by atoms with E-state index in [1.807, 2.05) is 52.0 Å². The minimum Gasteiger partial charge on any atom is -0.491 e. The van der Waals surface area contributed by atoms with E-state index in [1.54, 1.807) is 12.1 Å². The first-order valence-electron chi connectivity index (χ1n) is 11.9. The highest BCUT2D eigenvalue weighted by molar-refractivity contribution is 6.45. The summed E-state index contributed by atoms with van der Waals surface area (Å²) in [6.07, 6.45) is 1.18. The van der Waals surface area contributed by atoms with Crippen LogP contribution in [0.3, 0.4) is 0 Å². The normalized spacial score (nSPS) is 21.4. The predicted molar refractivity (Wildman–Crippen MR) is 132 cm³/mol. The van der Waals surface area contributed by atoms with Gasteiger partial charge < -0.3 is 9.64 Å². The summed E-state index contributed by atoms with van der Waals surface area (Å²) in [5.41, 5.74) is 4.59. The van der Waals surface area contributed by atoms with E-state index in [1.165, 1.54) is 4.90 Å². The molecule has 2 heterocycles. The molecule has 1 saturated heterocycles. The average molecular weight is 447 g/mol. The Labute approximate surface area is 197 Å². The van der Waals surface area contributed by atoms with Crippen LogP contribution in [-0.4, -0.2) is 35.9 Å². The van der Waals surface area contributed by atoms with Gasteiger partial charge in [0.05, 0.1) is 17.4 Å². The number of amides is 2. The van der Waals surface area contributed by atoms with Crippen LogP contribution >= 0.6 is 0 Å². The molecule has 0 aliphatic carbocycles. The largest absolute Gasteiger partial charge is 0.491 e. The molecule has 2 atom stereocenters. The molecule has 2 amide bonds. The zero-order valence-corrected chi connectivity index (χ0v) is 20.5. The van der Waals surface area contributed by atoms with Crippen molar-refractivity contribution in [2.75, 3.05) is 18.0 Å². The van der Waals surface area contributed by atoms with Crippen molar-refractivity contribution in [2.24, 2.45) is 11.8 Å². The van der Waals surface area contributed by atoms with Crippen LogP contribution in [-0.2, 0) is 9.59 Å². The first-order valence-corrected chi connectivity index (χ1v) is 11.9. The molecule has 4 rings (SSSR count). The number of ether oxygens (including phenoxy) is 1. The van der Waals surface area contributed by atoms with Gasteiger partial charge in [-0.25, -0.2) is 4.90 Å². The zero-order chi connectivity index (χ0) is 23.9. The van der Waals surface area contributed by atoms with Crippen molar-refractivity contribution in [3.63, 3.8) is 0 Å². The molecule has 5 heteroatoms. The van der Waals surface area contributed by atoms with E-state index >= 15 is 0 Å². The molecule has 2 aliphatic heterocycles. The van der Waals surface area contributed by atoms with Crippen molar-refractivity contribution in [1.82, 2.24) is 4.90 Å². The predicted octanol–water partition coefficient (Wildman–Crippen LogP) is 5.35. The van der Waals surface area contributed by atoms with Crippen LogP contribution in [0.5, 0.6) is 5.75 Å². The number of benzene rings is 2. The molecular weight excluding hydrogens is 412 g/mol. The van der Waals surface area contributed by atoms with Gasteiger partial charge in [0.25, 0.3) is 11.8 Å². The number of hydrogen-bond acceptors (Lipinski definition) is 4. The molecule has 2 unspecified atom stereocenters. The Morgan fingerprint density at radius 3 is 2.12 bits per heavy atom. The van der Waals surface area contributed by atoms with E-state index in [2.05, 4.69) is 24.8 Å². The number of carbonyl (C=O) groups excluding carboxylic acids is 2. The smallest absolute Gasteiger partial charge is 0.282 e. The van der Waals surface area contributed by atoms with Crippen molar-refractivity contribution in [3.8, 4) is 5.75 Å². The lowest BCUT2D eigenvalue weighted by atomic mass is 9.90. The van der Waals surface area contributed by atoms with Gasteiger partial charge in [-0.2, -0.15) is 0 Å². The second-order valence-corrected chi connectivity index (χ2v) is 10.00. The highest BCUT2D eigenvalue weighted by atomic mass is 16.5. The van der Waals surface area contributed by atoms with Gasteiger partial charge in [-0.05, 0) is 81.3 Å². The third-order valence-electron chi connectivity index (χ3n) is 6.36. The third kappa shape index (κ3) is 4.54. The maximum absolute atomic E-state index is 13.8. The van der Waals surface area contributed by atoms with Gasteiger partial charge in [0.1, 0.15) is 11.4 Å². The molecule has 0 aromatic heterocycles. The van der Waals surface area contributed by atoms with Crippen LogP contribution < -0.4 is 9.64 Å². The van der Waals surface area contributed by atoms with Gasteiger partial charge in [0, 0.05) is 13.1 Å². The number of rotatable bonds is 5. The molecule has 2 aromatic carbocycles. The van der Waals surface area contributed by atoms with E-state index in [4.69, 9.17) is 4.74 Å². The number of carbonyl (C=O) groups is 2. The Balaban J connectivity index is 1.79. The average Bonchev–Trinajstić information content (AvgIpc) is 2.98. The Hall–Kier alpha value is -3.08. The second kappa shape index (κ2) is 9.05. The second-order valence-electron chi connectivity index (χ2n) is 10.00. The van der Waals surface area contributed by atoms with E-state index in [-0.39, 0.29) is 17.9 Å². The lowest BCUT2D eigenvalue weighted by Crippen LogP contribution is -2.42. The molecule has 174 valence electrons. The number of anilines is 1.